The van der Waals surface area contributed by atoms with Crippen molar-refractivity contribution in [3.8, 4) is 5.82 Å². The van der Waals surface area contributed by atoms with Crippen LogP contribution in [0, 0.1) is 6.92 Å². The van der Waals surface area contributed by atoms with E-state index >= 15 is 0 Å². The molecule has 98 valence electrons. The van der Waals surface area contributed by atoms with Gasteiger partial charge < -0.3 is 5.73 Å². The first-order valence-corrected chi connectivity index (χ1v) is 6.90. The number of rotatable bonds is 2. The highest BCUT2D eigenvalue weighted by molar-refractivity contribution is 7.80. The summed E-state index contributed by atoms with van der Waals surface area (Å²) in [5.74, 6) is 0.860. The summed E-state index contributed by atoms with van der Waals surface area (Å²) < 4.78 is 2.07. The van der Waals surface area contributed by atoms with Gasteiger partial charge in [0, 0.05) is 17.0 Å². The molecular formula is C14H16N4S. The zero-order valence-corrected chi connectivity index (χ0v) is 11.7. The van der Waals surface area contributed by atoms with Gasteiger partial charge in [-0.2, -0.15) is 0 Å². The molecule has 4 nitrogen and oxygen atoms in total. The van der Waals surface area contributed by atoms with E-state index in [0.29, 0.717) is 4.99 Å². The molecule has 2 heterocycles. The average Bonchev–Trinajstić information content (AvgIpc) is 2.81. The molecule has 0 spiro atoms. The van der Waals surface area contributed by atoms with E-state index < -0.39 is 0 Å². The predicted octanol–water partition coefficient (Wildman–Crippen LogP) is 2.09. The highest BCUT2D eigenvalue weighted by Crippen LogP contribution is 2.23. The maximum atomic E-state index is 5.72. The highest BCUT2D eigenvalue weighted by atomic mass is 32.1. The van der Waals surface area contributed by atoms with Crippen LogP contribution in [-0.4, -0.2) is 19.5 Å². The van der Waals surface area contributed by atoms with Crippen LogP contribution in [0.2, 0.25) is 0 Å². The molecule has 5 heteroatoms. The number of aryl methyl sites for hydroxylation is 2. The second-order valence-electron chi connectivity index (χ2n) is 4.93. The molecule has 0 saturated carbocycles. The Hall–Kier alpha value is -1.75. The van der Waals surface area contributed by atoms with Crippen LogP contribution in [0.5, 0.6) is 0 Å². The molecule has 0 saturated heterocycles. The molecule has 0 amide bonds. The fourth-order valence-electron chi connectivity index (χ4n) is 2.58. The normalized spacial score (nSPS) is 14.2. The molecule has 0 aromatic carbocycles. The van der Waals surface area contributed by atoms with Gasteiger partial charge in [-0.3, -0.25) is 4.57 Å². The second kappa shape index (κ2) is 4.74. The largest absolute Gasteiger partial charge is 0.389 e. The molecule has 0 unspecified atom stereocenters. The van der Waals surface area contributed by atoms with Gasteiger partial charge in [0.15, 0.2) is 0 Å². The Bertz CT molecular complexity index is 645. The van der Waals surface area contributed by atoms with E-state index in [0.717, 1.165) is 29.9 Å². The van der Waals surface area contributed by atoms with Gasteiger partial charge in [0.1, 0.15) is 17.1 Å². The van der Waals surface area contributed by atoms with E-state index in [4.69, 9.17) is 18.0 Å². The Balaban J connectivity index is 2.11. The molecule has 1 aliphatic rings. The summed E-state index contributed by atoms with van der Waals surface area (Å²) >= 11 is 5.06. The monoisotopic (exact) mass is 272 g/mol. The van der Waals surface area contributed by atoms with E-state index in [9.17, 15) is 0 Å². The van der Waals surface area contributed by atoms with Crippen molar-refractivity contribution in [3.63, 3.8) is 0 Å². The summed E-state index contributed by atoms with van der Waals surface area (Å²) in [6, 6.07) is 3.85. The van der Waals surface area contributed by atoms with Gasteiger partial charge in [0.2, 0.25) is 0 Å². The number of hydrogen-bond donors (Lipinski definition) is 1. The van der Waals surface area contributed by atoms with E-state index in [2.05, 4.69) is 14.5 Å². The Labute approximate surface area is 117 Å². The number of nitrogens with zero attached hydrogens (tertiary/aromatic N) is 3. The number of pyridine rings is 1. The fourth-order valence-corrected chi connectivity index (χ4v) is 2.70. The Morgan fingerprint density at radius 2 is 2.11 bits per heavy atom. The third-order valence-corrected chi connectivity index (χ3v) is 3.74. The maximum Gasteiger partial charge on any atom is 0.139 e. The van der Waals surface area contributed by atoms with Gasteiger partial charge in [-0.05, 0) is 44.7 Å². The first kappa shape index (κ1) is 12.3. The SMILES string of the molecule is Cc1cc(C(N)=S)cc(-n2cnc3c2CCCC3)n1. The standard InChI is InChI=1S/C14H16N4S/c1-9-6-10(14(15)19)7-13(17-9)18-8-16-11-4-2-3-5-12(11)18/h6-8H,2-5H2,1H3,(H2,15,19). The minimum Gasteiger partial charge on any atom is -0.389 e. The molecule has 2 aromatic rings. The number of hydrogen-bond acceptors (Lipinski definition) is 3. The summed E-state index contributed by atoms with van der Waals surface area (Å²) in [4.78, 5) is 9.47. The molecule has 0 bridgehead atoms. The molecular weight excluding hydrogens is 256 g/mol. The van der Waals surface area contributed by atoms with Crippen LogP contribution in [0.4, 0.5) is 0 Å². The van der Waals surface area contributed by atoms with Crippen LogP contribution in [0.3, 0.4) is 0 Å². The topological polar surface area (TPSA) is 56.7 Å². The number of aromatic nitrogens is 3. The Kier molecular flexibility index (Phi) is 3.06. The van der Waals surface area contributed by atoms with Crippen molar-refractivity contribution in [1.29, 1.82) is 0 Å². The van der Waals surface area contributed by atoms with Crippen LogP contribution in [0.25, 0.3) is 5.82 Å². The first-order valence-electron chi connectivity index (χ1n) is 6.49. The first-order chi connectivity index (χ1) is 9.15. The zero-order chi connectivity index (χ0) is 13.4. The van der Waals surface area contributed by atoms with Crippen molar-refractivity contribution in [2.45, 2.75) is 32.6 Å². The van der Waals surface area contributed by atoms with Crippen molar-refractivity contribution >= 4 is 17.2 Å². The lowest BCUT2D eigenvalue weighted by Gasteiger charge is -2.14. The molecule has 0 aliphatic heterocycles. The minimum absolute atomic E-state index is 0.403. The summed E-state index contributed by atoms with van der Waals surface area (Å²) in [7, 11) is 0. The number of imidazole rings is 1. The number of nitrogens with two attached hydrogens (primary N) is 1. The molecule has 3 rings (SSSR count). The van der Waals surface area contributed by atoms with Crippen molar-refractivity contribution in [2.75, 3.05) is 0 Å². The third-order valence-electron chi connectivity index (χ3n) is 3.50. The van der Waals surface area contributed by atoms with E-state index in [-0.39, 0.29) is 0 Å². The lowest BCUT2D eigenvalue weighted by molar-refractivity contribution is 0.654. The zero-order valence-electron chi connectivity index (χ0n) is 10.9. The quantitative estimate of drug-likeness (QED) is 0.851. The minimum atomic E-state index is 0.403. The summed E-state index contributed by atoms with van der Waals surface area (Å²) in [6.45, 7) is 1.95. The van der Waals surface area contributed by atoms with E-state index in [1.807, 2.05) is 25.4 Å². The highest BCUT2D eigenvalue weighted by Gasteiger charge is 2.17. The lowest BCUT2D eigenvalue weighted by Crippen LogP contribution is -2.13. The van der Waals surface area contributed by atoms with Crippen LogP contribution in [0.15, 0.2) is 18.5 Å². The van der Waals surface area contributed by atoms with Crippen LogP contribution in [0.1, 0.15) is 35.5 Å². The summed E-state index contributed by atoms with van der Waals surface area (Å²) in [6.07, 6.45) is 6.43. The summed E-state index contributed by atoms with van der Waals surface area (Å²) in [5.41, 5.74) is 9.97. The maximum absolute atomic E-state index is 5.72. The van der Waals surface area contributed by atoms with Crippen LogP contribution >= 0.6 is 12.2 Å². The second-order valence-corrected chi connectivity index (χ2v) is 5.37. The Morgan fingerprint density at radius 1 is 1.32 bits per heavy atom. The van der Waals surface area contributed by atoms with Crippen LogP contribution < -0.4 is 5.73 Å². The molecule has 2 N–H and O–H groups in total. The van der Waals surface area contributed by atoms with Crippen molar-refractivity contribution < 1.29 is 0 Å². The van der Waals surface area contributed by atoms with Gasteiger partial charge in [0.25, 0.3) is 0 Å². The van der Waals surface area contributed by atoms with E-state index in [1.54, 1.807) is 0 Å². The van der Waals surface area contributed by atoms with Gasteiger partial charge in [0.05, 0.1) is 5.69 Å². The fraction of sp³-hybridized carbons (Fsp3) is 0.357. The third kappa shape index (κ3) is 2.26. The van der Waals surface area contributed by atoms with E-state index in [1.165, 1.54) is 24.2 Å². The van der Waals surface area contributed by atoms with Crippen molar-refractivity contribution in [1.82, 2.24) is 14.5 Å². The smallest absolute Gasteiger partial charge is 0.139 e. The molecule has 19 heavy (non-hydrogen) atoms. The van der Waals surface area contributed by atoms with Crippen molar-refractivity contribution in [3.05, 3.63) is 41.1 Å². The summed E-state index contributed by atoms with van der Waals surface area (Å²) in [5, 5.41) is 0. The molecule has 0 radical (unpaired) electrons. The molecule has 0 fully saturated rings. The van der Waals surface area contributed by atoms with Crippen molar-refractivity contribution in [2.24, 2.45) is 5.73 Å². The molecule has 2 aromatic heterocycles. The van der Waals surface area contributed by atoms with Gasteiger partial charge in [-0.1, -0.05) is 12.2 Å². The lowest BCUT2D eigenvalue weighted by atomic mass is 10.0. The van der Waals surface area contributed by atoms with Crippen LogP contribution in [-0.2, 0) is 12.8 Å². The average molecular weight is 272 g/mol. The van der Waals surface area contributed by atoms with Gasteiger partial charge >= 0.3 is 0 Å². The number of fused-ring (bicyclic) bond motifs is 1. The van der Waals surface area contributed by atoms with Gasteiger partial charge in [-0.15, -0.1) is 0 Å². The van der Waals surface area contributed by atoms with Gasteiger partial charge in [-0.25, -0.2) is 9.97 Å². The molecule has 0 atom stereocenters. The Morgan fingerprint density at radius 3 is 2.89 bits per heavy atom. The number of thiocarbonyl (C=S) groups is 1. The predicted molar refractivity (Wildman–Crippen MR) is 78.6 cm³/mol. The molecule has 1 aliphatic carbocycles.